The van der Waals surface area contributed by atoms with E-state index in [-0.39, 0.29) is 17.6 Å². The summed E-state index contributed by atoms with van der Waals surface area (Å²) >= 11 is 0. The monoisotopic (exact) mass is 360 g/mol. The van der Waals surface area contributed by atoms with Gasteiger partial charge in [-0.3, -0.25) is 4.79 Å². The number of aromatic hydroxyl groups is 1. The van der Waals surface area contributed by atoms with Crippen LogP contribution in [0.5, 0.6) is 5.75 Å². The Morgan fingerprint density at radius 3 is 2.77 bits per heavy atom. The van der Waals surface area contributed by atoms with Crippen LogP contribution in [-0.2, 0) is 11.2 Å². The number of phenolic OH excluding ortho intramolecular Hbond substituents is 1. The maximum Gasteiger partial charge on any atom is 0.220 e. The van der Waals surface area contributed by atoms with Crippen LogP contribution in [0.25, 0.3) is 0 Å². The number of nitrogens with one attached hydrogen (secondary N) is 1. The minimum atomic E-state index is -0.846. The predicted molar refractivity (Wildman–Crippen MR) is 96.1 cm³/mol. The molecular weight excluding hydrogens is 338 g/mol. The van der Waals surface area contributed by atoms with Crippen molar-refractivity contribution in [3.63, 3.8) is 0 Å². The molecule has 4 nitrogen and oxygen atoms in total. The molecule has 138 valence electrons. The molecule has 0 bridgehead atoms. The molecule has 26 heavy (non-hydrogen) atoms. The average molecular weight is 360 g/mol. The summed E-state index contributed by atoms with van der Waals surface area (Å²) in [5.74, 6) is -1.26. The fourth-order valence-electron chi connectivity index (χ4n) is 3.23. The Morgan fingerprint density at radius 1 is 1.19 bits per heavy atom. The Bertz CT molecular complexity index is 782. The molecule has 6 heteroatoms. The molecular formula is C20H22F2N2O2. The first kappa shape index (κ1) is 18.2. The molecule has 3 rings (SSSR count). The smallest absolute Gasteiger partial charge is 0.220 e. The maximum absolute atomic E-state index is 13.4. The van der Waals surface area contributed by atoms with Gasteiger partial charge in [0.15, 0.2) is 11.6 Å². The molecule has 0 saturated carbocycles. The lowest BCUT2D eigenvalue weighted by atomic mass is 10.1. The van der Waals surface area contributed by atoms with Gasteiger partial charge in [-0.25, -0.2) is 8.78 Å². The predicted octanol–water partition coefficient (Wildman–Crippen LogP) is 3.25. The molecule has 2 N–H and O–H groups in total. The van der Waals surface area contributed by atoms with E-state index in [9.17, 15) is 18.7 Å². The molecule has 0 unspecified atom stereocenters. The van der Waals surface area contributed by atoms with Gasteiger partial charge in [0.25, 0.3) is 0 Å². The number of anilines is 1. The summed E-state index contributed by atoms with van der Waals surface area (Å²) in [4.78, 5) is 14.0. The lowest BCUT2D eigenvalue weighted by Gasteiger charge is -2.19. The molecule has 0 spiro atoms. The quantitative estimate of drug-likeness (QED) is 0.832. The Labute approximate surface area is 151 Å². The highest BCUT2D eigenvalue weighted by Gasteiger charge is 2.23. The van der Waals surface area contributed by atoms with Crippen molar-refractivity contribution in [3.8, 4) is 5.75 Å². The molecule has 1 saturated heterocycles. The molecule has 1 amide bonds. The molecule has 0 aromatic heterocycles. The Balaban J connectivity index is 1.43. The summed E-state index contributed by atoms with van der Waals surface area (Å²) in [5, 5.41) is 12.6. The third-order valence-corrected chi connectivity index (χ3v) is 4.76. The van der Waals surface area contributed by atoms with E-state index in [4.69, 9.17) is 0 Å². The summed E-state index contributed by atoms with van der Waals surface area (Å²) in [5.41, 5.74) is 1.42. The van der Waals surface area contributed by atoms with Crippen LogP contribution in [-0.4, -0.2) is 30.6 Å². The minimum absolute atomic E-state index is 0.0560. The molecule has 0 aliphatic carbocycles. The van der Waals surface area contributed by atoms with Gasteiger partial charge >= 0.3 is 0 Å². The highest BCUT2D eigenvalue weighted by molar-refractivity contribution is 5.76. The number of rotatable bonds is 6. The first-order valence-corrected chi connectivity index (χ1v) is 8.76. The van der Waals surface area contributed by atoms with Gasteiger partial charge in [-0.1, -0.05) is 18.2 Å². The number of carbonyl (C=O) groups is 1. The third kappa shape index (κ3) is 4.50. The van der Waals surface area contributed by atoms with Gasteiger partial charge in [-0.05, 0) is 42.5 Å². The zero-order valence-electron chi connectivity index (χ0n) is 14.4. The molecule has 2 aromatic carbocycles. The number of hydrogen-bond acceptors (Lipinski definition) is 3. The SMILES string of the molecule is O=C(CCc1ccccc1O)NC[C@@H]1CCN(c2ccc(F)c(F)c2)C1. The number of amides is 1. The maximum atomic E-state index is 13.4. The lowest BCUT2D eigenvalue weighted by molar-refractivity contribution is -0.121. The van der Waals surface area contributed by atoms with Gasteiger partial charge in [0.05, 0.1) is 0 Å². The van der Waals surface area contributed by atoms with Crippen molar-refractivity contribution in [1.82, 2.24) is 5.32 Å². The number of phenols is 1. The number of para-hydroxylation sites is 1. The second-order valence-corrected chi connectivity index (χ2v) is 6.63. The minimum Gasteiger partial charge on any atom is -0.508 e. The molecule has 1 fully saturated rings. The normalized spacial score (nSPS) is 16.7. The van der Waals surface area contributed by atoms with Crippen molar-refractivity contribution in [3.05, 3.63) is 59.7 Å². The van der Waals surface area contributed by atoms with Gasteiger partial charge < -0.3 is 15.3 Å². The van der Waals surface area contributed by atoms with Gasteiger partial charge in [0.2, 0.25) is 5.91 Å². The van der Waals surface area contributed by atoms with E-state index in [1.54, 1.807) is 24.3 Å². The number of nitrogens with zero attached hydrogens (tertiary/aromatic N) is 1. The second-order valence-electron chi connectivity index (χ2n) is 6.63. The van der Waals surface area contributed by atoms with Gasteiger partial charge in [-0.2, -0.15) is 0 Å². The highest BCUT2D eigenvalue weighted by atomic mass is 19.2. The van der Waals surface area contributed by atoms with Crippen LogP contribution in [0.15, 0.2) is 42.5 Å². The van der Waals surface area contributed by atoms with E-state index in [0.29, 0.717) is 31.6 Å². The van der Waals surface area contributed by atoms with Gasteiger partial charge in [0.1, 0.15) is 5.75 Å². The van der Waals surface area contributed by atoms with Crippen molar-refractivity contribution >= 4 is 11.6 Å². The molecule has 1 atom stereocenters. The van der Waals surface area contributed by atoms with Crippen LogP contribution in [0.2, 0.25) is 0 Å². The molecule has 1 heterocycles. The standard InChI is InChI=1S/C20H22F2N2O2/c21-17-7-6-16(11-18(17)22)24-10-9-14(13-24)12-23-20(26)8-5-15-3-1-2-4-19(15)25/h1-4,6-7,11,14,25H,5,8-10,12-13H2,(H,23,26)/t14-/m0/s1. The van der Waals surface area contributed by atoms with Crippen LogP contribution >= 0.6 is 0 Å². The van der Waals surface area contributed by atoms with Crippen molar-refractivity contribution in [1.29, 1.82) is 0 Å². The van der Waals surface area contributed by atoms with Crippen LogP contribution in [0, 0.1) is 17.6 Å². The summed E-state index contributed by atoms with van der Waals surface area (Å²) in [6.45, 7) is 2.01. The van der Waals surface area contributed by atoms with E-state index in [0.717, 1.165) is 24.6 Å². The number of hydrogen-bond donors (Lipinski definition) is 2. The fraction of sp³-hybridized carbons (Fsp3) is 0.350. The zero-order valence-corrected chi connectivity index (χ0v) is 14.4. The van der Waals surface area contributed by atoms with E-state index in [1.165, 1.54) is 6.07 Å². The van der Waals surface area contributed by atoms with Crippen molar-refractivity contribution in [2.75, 3.05) is 24.5 Å². The summed E-state index contributed by atoms with van der Waals surface area (Å²) in [7, 11) is 0. The summed E-state index contributed by atoms with van der Waals surface area (Å²) in [6, 6.07) is 10.9. The molecule has 2 aromatic rings. The van der Waals surface area contributed by atoms with Crippen LogP contribution in [0.3, 0.4) is 0 Å². The first-order valence-electron chi connectivity index (χ1n) is 8.76. The van der Waals surface area contributed by atoms with E-state index in [1.807, 2.05) is 11.0 Å². The number of halogens is 2. The average Bonchev–Trinajstić information content (AvgIpc) is 3.10. The molecule has 0 radical (unpaired) electrons. The third-order valence-electron chi connectivity index (χ3n) is 4.76. The van der Waals surface area contributed by atoms with E-state index in [2.05, 4.69) is 5.32 Å². The number of benzene rings is 2. The van der Waals surface area contributed by atoms with E-state index >= 15 is 0 Å². The molecule has 1 aliphatic heterocycles. The largest absolute Gasteiger partial charge is 0.508 e. The summed E-state index contributed by atoms with van der Waals surface area (Å²) in [6.07, 6.45) is 1.69. The van der Waals surface area contributed by atoms with Crippen LogP contribution in [0.4, 0.5) is 14.5 Å². The van der Waals surface area contributed by atoms with Crippen LogP contribution < -0.4 is 10.2 Å². The Morgan fingerprint density at radius 2 is 2.00 bits per heavy atom. The number of carbonyl (C=O) groups excluding carboxylic acids is 1. The fourth-order valence-corrected chi connectivity index (χ4v) is 3.23. The van der Waals surface area contributed by atoms with Gasteiger partial charge in [-0.15, -0.1) is 0 Å². The van der Waals surface area contributed by atoms with Crippen molar-refractivity contribution < 1.29 is 18.7 Å². The van der Waals surface area contributed by atoms with Crippen molar-refractivity contribution in [2.45, 2.75) is 19.3 Å². The van der Waals surface area contributed by atoms with Gasteiger partial charge in [0, 0.05) is 37.8 Å². The second kappa shape index (κ2) is 8.17. The topological polar surface area (TPSA) is 52.6 Å². The Kier molecular flexibility index (Phi) is 5.71. The molecule has 1 aliphatic rings. The van der Waals surface area contributed by atoms with E-state index < -0.39 is 11.6 Å². The van der Waals surface area contributed by atoms with Crippen molar-refractivity contribution in [2.24, 2.45) is 5.92 Å². The van der Waals surface area contributed by atoms with Crippen LogP contribution in [0.1, 0.15) is 18.4 Å². The Hall–Kier alpha value is -2.63. The number of aryl methyl sites for hydroxylation is 1. The zero-order chi connectivity index (χ0) is 18.5. The highest BCUT2D eigenvalue weighted by Crippen LogP contribution is 2.25. The summed E-state index contributed by atoms with van der Waals surface area (Å²) < 4.78 is 26.4. The first-order chi connectivity index (χ1) is 12.5. The lowest BCUT2D eigenvalue weighted by Crippen LogP contribution is -2.31.